The minimum absolute atomic E-state index is 0.0467. The number of sulfonamides is 1. The molecule has 0 spiro atoms. The van der Waals surface area contributed by atoms with Crippen LogP contribution in [0.5, 0.6) is 5.75 Å². The van der Waals surface area contributed by atoms with Crippen molar-refractivity contribution in [2.24, 2.45) is 0 Å². The molecule has 0 bridgehead atoms. The lowest BCUT2D eigenvalue weighted by Gasteiger charge is -2.32. The second kappa shape index (κ2) is 6.77. The second-order valence-corrected chi connectivity index (χ2v) is 7.34. The smallest absolute Gasteiger partial charge is 0.246 e. The molecule has 1 N–H and O–H groups in total. The average Bonchev–Trinajstić information content (AvgIpc) is 2.47. The zero-order valence-electron chi connectivity index (χ0n) is 12.9. The first-order valence-electron chi connectivity index (χ1n) is 7.34. The Morgan fingerprint density at radius 1 is 1.38 bits per heavy atom. The maximum Gasteiger partial charge on any atom is 0.246 e. The third kappa shape index (κ3) is 3.39. The fraction of sp³-hybridized carbons (Fsp3) is 0.600. The Morgan fingerprint density at radius 3 is 2.76 bits per heavy atom. The number of nitrogens with one attached hydrogen (secondary N) is 1. The van der Waals surface area contributed by atoms with Crippen LogP contribution in [-0.4, -0.2) is 39.5 Å². The topological polar surface area (TPSA) is 58.6 Å². The van der Waals surface area contributed by atoms with E-state index in [2.05, 4.69) is 5.32 Å². The SMILES string of the molecule is CNCc1ccc(S(=O)(=O)N2CCCCC2C)c(OC)c1. The van der Waals surface area contributed by atoms with Crippen molar-refractivity contribution in [2.75, 3.05) is 20.7 Å². The van der Waals surface area contributed by atoms with Gasteiger partial charge in [0.2, 0.25) is 10.0 Å². The Hall–Kier alpha value is -1.11. The van der Waals surface area contributed by atoms with Crippen molar-refractivity contribution in [3.63, 3.8) is 0 Å². The zero-order valence-corrected chi connectivity index (χ0v) is 13.7. The number of hydrogen-bond acceptors (Lipinski definition) is 4. The van der Waals surface area contributed by atoms with E-state index < -0.39 is 10.0 Å². The number of piperidine rings is 1. The fourth-order valence-corrected chi connectivity index (χ4v) is 4.63. The van der Waals surface area contributed by atoms with Crippen molar-refractivity contribution in [3.05, 3.63) is 23.8 Å². The molecular formula is C15H24N2O3S. The number of nitrogens with zero attached hydrogens (tertiary/aromatic N) is 1. The van der Waals surface area contributed by atoms with Gasteiger partial charge in [-0.25, -0.2) is 8.42 Å². The molecule has 0 aromatic heterocycles. The largest absolute Gasteiger partial charge is 0.495 e. The molecule has 1 aromatic carbocycles. The molecule has 2 rings (SSSR count). The van der Waals surface area contributed by atoms with Gasteiger partial charge in [0.15, 0.2) is 0 Å². The third-order valence-electron chi connectivity index (χ3n) is 3.94. The number of rotatable bonds is 5. The van der Waals surface area contributed by atoms with Crippen LogP contribution in [0.15, 0.2) is 23.1 Å². The minimum Gasteiger partial charge on any atom is -0.495 e. The predicted molar refractivity (Wildman–Crippen MR) is 83.0 cm³/mol. The van der Waals surface area contributed by atoms with Gasteiger partial charge in [-0.2, -0.15) is 4.31 Å². The Balaban J connectivity index is 2.39. The van der Waals surface area contributed by atoms with Crippen LogP contribution in [0.4, 0.5) is 0 Å². The van der Waals surface area contributed by atoms with Gasteiger partial charge in [0, 0.05) is 19.1 Å². The summed E-state index contributed by atoms with van der Waals surface area (Å²) in [5.74, 6) is 0.417. The molecule has 0 aliphatic carbocycles. The lowest BCUT2D eigenvalue weighted by molar-refractivity contribution is 0.267. The summed E-state index contributed by atoms with van der Waals surface area (Å²) in [6.07, 6.45) is 2.93. The number of hydrogen-bond donors (Lipinski definition) is 1. The van der Waals surface area contributed by atoms with E-state index in [-0.39, 0.29) is 10.9 Å². The minimum atomic E-state index is -3.50. The normalized spacial score (nSPS) is 20.4. The molecule has 6 heteroatoms. The van der Waals surface area contributed by atoms with E-state index in [1.165, 1.54) is 7.11 Å². The van der Waals surface area contributed by atoms with Gasteiger partial charge in [0.25, 0.3) is 0 Å². The quantitative estimate of drug-likeness (QED) is 0.903. The van der Waals surface area contributed by atoms with Gasteiger partial charge in [0.1, 0.15) is 10.6 Å². The van der Waals surface area contributed by atoms with Crippen LogP contribution in [0.25, 0.3) is 0 Å². The maximum absolute atomic E-state index is 12.9. The van der Waals surface area contributed by atoms with Crippen LogP contribution in [0.3, 0.4) is 0 Å². The molecule has 1 heterocycles. The molecule has 1 atom stereocenters. The van der Waals surface area contributed by atoms with Crippen LogP contribution in [0, 0.1) is 0 Å². The standard InChI is InChI=1S/C15H24N2O3S/c1-12-6-4-5-9-17(12)21(18,19)15-8-7-13(11-16-2)10-14(15)20-3/h7-8,10,12,16H,4-6,9,11H2,1-3H3. The van der Waals surface area contributed by atoms with Crippen LogP contribution in [0.1, 0.15) is 31.7 Å². The summed E-state index contributed by atoms with van der Waals surface area (Å²) in [4.78, 5) is 0.263. The maximum atomic E-state index is 12.9. The van der Waals surface area contributed by atoms with Crippen LogP contribution < -0.4 is 10.1 Å². The lowest BCUT2D eigenvalue weighted by Crippen LogP contribution is -2.42. The number of benzene rings is 1. The molecule has 1 saturated heterocycles. The third-order valence-corrected chi connectivity index (χ3v) is 5.99. The van der Waals surface area contributed by atoms with Crippen LogP contribution >= 0.6 is 0 Å². The van der Waals surface area contributed by atoms with E-state index in [0.29, 0.717) is 18.8 Å². The predicted octanol–water partition coefficient (Wildman–Crippen LogP) is 1.98. The van der Waals surface area contributed by atoms with Gasteiger partial charge in [-0.1, -0.05) is 12.5 Å². The molecule has 21 heavy (non-hydrogen) atoms. The highest BCUT2D eigenvalue weighted by Gasteiger charge is 2.33. The van der Waals surface area contributed by atoms with Crippen molar-refractivity contribution >= 4 is 10.0 Å². The average molecular weight is 312 g/mol. The molecule has 1 fully saturated rings. The van der Waals surface area contributed by atoms with Crippen LogP contribution in [-0.2, 0) is 16.6 Å². The number of ether oxygens (including phenoxy) is 1. The highest BCUT2D eigenvalue weighted by molar-refractivity contribution is 7.89. The summed E-state index contributed by atoms with van der Waals surface area (Å²) in [7, 11) is -0.133. The van der Waals surface area contributed by atoms with Crippen molar-refractivity contribution < 1.29 is 13.2 Å². The van der Waals surface area contributed by atoms with Crippen molar-refractivity contribution in [3.8, 4) is 5.75 Å². The first-order chi connectivity index (χ1) is 10.0. The van der Waals surface area contributed by atoms with Gasteiger partial charge < -0.3 is 10.1 Å². The lowest BCUT2D eigenvalue weighted by atomic mass is 10.1. The molecule has 1 unspecified atom stereocenters. The van der Waals surface area contributed by atoms with Crippen molar-refractivity contribution in [1.29, 1.82) is 0 Å². The van der Waals surface area contributed by atoms with Crippen molar-refractivity contribution in [1.82, 2.24) is 9.62 Å². The Kier molecular flexibility index (Phi) is 5.24. The molecular weight excluding hydrogens is 288 g/mol. The molecule has 0 radical (unpaired) electrons. The van der Waals surface area contributed by atoms with Crippen molar-refractivity contribution in [2.45, 2.75) is 43.7 Å². The summed E-state index contributed by atoms with van der Waals surface area (Å²) < 4.78 is 32.7. The Morgan fingerprint density at radius 2 is 2.14 bits per heavy atom. The summed E-state index contributed by atoms with van der Waals surface area (Å²) in [6.45, 7) is 3.24. The Labute approximate surface area is 127 Å². The first kappa shape index (κ1) is 16.3. The van der Waals surface area contributed by atoms with Gasteiger partial charge in [0.05, 0.1) is 7.11 Å². The highest BCUT2D eigenvalue weighted by atomic mass is 32.2. The van der Waals surface area contributed by atoms with Crippen LogP contribution in [0.2, 0.25) is 0 Å². The van der Waals surface area contributed by atoms with Gasteiger partial charge in [-0.05, 0) is 44.5 Å². The summed E-state index contributed by atoms with van der Waals surface area (Å²) in [6, 6.07) is 5.33. The molecule has 0 amide bonds. The molecule has 0 saturated carbocycles. The molecule has 1 aliphatic heterocycles. The van der Waals surface area contributed by atoms with E-state index in [1.807, 2.05) is 20.0 Å². The summed E-state index contributed by atoms with van der Waals surface area (Å²) >= 11 is 0. The molecule has 5 nitrogen and oxygen atoms in total. The monoisotopic (exact) mass is 312 g/mol. The van der Waals surface area contributed by atoms with E-state index in [1.54, 1.807) is 16.4 Å². The summed E-state index contributed by atoms with van der Waals surface area (Å²) in [5.41, 5.74) is 1.000. The molecule has 118 valence electrons. The fourth-order valence-electron chi connectivity index (χ4n) is 2.79. The van der Waals surface area contributed by atoms with Gasteiger partial charge in [-0.15, -0.1) is 0 Å². The van der Waals surface area contributed by atoms with E-state index in [9.17, 15) is 8.42 Å². The van der Waals surface area contributed by atoms with Gasteiger partial charge >= 0.3 is 0 Å². The van der Waals surface area contributed by atoms with Gasteiger partial charge in [-0.3, -0.25) is 0 Å². The molecule has 1 aliphatic rings. The second-order valence-electron chi connectivity index (χ2n) is 5.48. The summed E-state index contributed by atoms with van der Waals surface area (Å²) in [5, 5.41) is 3.05. The Bertz CT molecular complexity index is 587. The number of methoxy groups -OCH3 is 1. The molecule has 1 aromatic rings. The highest BCUT2D eigenvalue weighted by Crippen LogP contribution is 2.31. The van der Waals surface area contributed by atoms with E-state index in [0.717, 1.165) is 24.8 Å². The first-order valence-corrected chi connectivity index (χ1v) is 8.78. The van der Waals surface area contributed by atoms with E-state index >= 15 is 0 Å². The van der Waals surface area contributed by atoms with E-state index in [4.69, 9.17) is 4.74 Å². The zero-order chi connectivity index (χ0) is 15.5.